The molecule has 0 radical (unpaired) electrons. The van der Waals surface area contributed by atoms with Crippen molar-refractivity contribution < 1.29 is 14.6 Å². The molecule has 0 atom stereocenters. The van der Waals surface area contributed by atoms with Crippen LogP contribution in [0.2, 0.25) is 0 Å². The zero-order valence-electron chi connectivity index (χ0n) is 8.87. The summed E-state index contributed by atoms with van der Waals surface area (Å²) in [5.74, 6) is -0.326. The SMILES string of the molecule is CC(C)(C)OC(=O)c1ccc(I)c(O)c1. The van der Waals surface area contributed by atoms with E-state index in [1.807, 2.05) is 22.6 Å². The van der Waals surface area contributed by atoms with Gasteiger partial charge in [0, 0.05) is 0 Å². The van der Waals surface area contributed by atoms with Gasteiger partial charge in [-0.15, -0.1) is 0 Å². The molecular formula is C11H13IO3. The lowest BCUT2D eigenvalue weighted by Crippen LogP contribution is -2.23. The van der Waals surface area contributed by atoms with Crippen LogP contribution < -0.4 is 0 Å². The number of esters is 1. The largest absolute Gasteiger partial charge is 0.507 e. The van der Waals surface area contributed by atoms with E-state index in [1.165, 1.54) is 6.07 Å². The summed E-state index contributed by atoms with van der Waals surface area (Å²) in [5, 5.41) is 9.43. The van der Waals surface area contributed by atoms with Crippen molar-refractivity contribution in [2.45, 2.75) is 26.4 Å². The fourth-order valence-corrected chi connectivity index (χ4v) is 1.31. The Hall–Kier alpha value is -0.780. The highest BCUT2D eigenvalue weighted by atomic mass is 127. The van der Waals surface area contributed by atoms with Crippen LogP contribution in [0, 0.1) is 3.57 Å². The molecule has 1 aromatic carbocycles. The first-order valence-electron chi connectivity index (χ1n) is 4.51. The van der Waals surface area contributed by atoms with Gasteiger partial charge in [0.05, 0.1) is 9.13 Å². The van der Waals surface area contributed by atoms with Crippen LogP contribution in [-0.2, 0) is 4.74 Å². The Morgan fingerprint density at radius 1 is 1.40 bits per heavy atom. The van der Waals surface area contributed by atoms with E-state index in [0.29, 0.717) is 9.13 Å². The maximum atomic E-state index is 11.6. The fraction of sp³-hybridized carbons (Fsp3) is 0.364. The number of ether oxygens (including phenoxy) is 1. The minimum Gasteiger partial charge on any atom is -0.507 e. The molecule has 0 aromatic heterocycles. The van der Waals surface area contributed by atoms with Gasteiger partial charge in [0.2, 0.25) is 0 Å². The molecule has 15 heavy (non-hydrogen) atoms. The smallest absolute Gasteiger partial charge is 0.338 e. The summed E-state index contributed by atoms with van der Waals surface area (Å²) < 4.78 is 5.87. The number of hydrogen-bond donors (Lipinski definition) is 1. The zero-order valence-corrected chi connectivity index (χ0v) is 11.0. The van der Waals surface area contributed by atoms with Crippen molar-refractivity contribution in [1.82, 2.24) is 0 Å². The molecule has 0 aliphatic rings. The number of phenolic OH excluding ortho intramolecular Hbond substituents is 1. The molecule has 0 aliphatic heterocycles. The lowest BCUT2D eigenvalue weighted by Gasteiger charge is -2.19. The third-order valence-electron chi connectivity index (χ3n) is 1.58. The van der Waals surface area contributed by atoms with E-state index >= 15 is 0 Å². The Bertz CT molecular complexity index is 380. The number of carbonyl (C=O) groups is 1. The average molecular weight is 320 g/mol. The van der Waals surface area contributed by atoms with E-state index < -0.39 is 11.6 Å². The van der Waals surface area contributed by atoms with E-state index in [-0.39, 0.29) is 5.75 Å². The number of phenols is 1. The average Bonchev–Trinajstić information content (AvgIpc) is 2.06. The molecule has 0 fully saturated rings. The third kappa shape index (κ3) is 3.70. The number of rotatable bonds is 1. The lowest BCUT2D eigenvalue weighted by atomic mass is 10.1. The van der Waals surface area contributed by atoms with Crippen LogP contribution in [0.3, 0.4) is 0 Å². The number of aromatic hydroxyl groups is 1. The summed E-state index contributed by atoms with van der Waals surface area (Å²) >= 11 is 1.99. The van der Waals surface area contributed by atoms with Gasteiger partial charge in [-0.1, -0.05) is 0 Å². The van der Waals surface area contributed by atoms with Crippen molar-refractivity contribution in [3.63, 3.8) is 0 Å². The number of carbonyl (C=O) groups excluding carboxylic acids is 1. The summed E-state index contributed by atoms with van der Waals surface area (Å²) in [6, 6.07) is 4.72. The molecule has 0 saturated carbocycles. The Morgan fingerprint density at radius 3 is 2.47 bits per heavy atom. The molecule has 0 saturated heterocycles. The van der Waals surface area contributed by atoms with Gasteiger partial charge in [-0.3, -0.25) is 0 Å². The summed E-state index contributed by atoms with van der Waals surface area (Å²) in [7, 11) is 0. The van der Waals surface area contributed by atoms with Crippen LogP contribution in [0.4, 0.5) is 0 Å². The number of benzene rings is 1. The predicted molar refractivity (Wildman–Crippen MR) is 66.0 cm³/mol. The van der Waals surface area contributed by atoms with E-state index in [2.05, 4.69) is 0 Å². The molecule has 0 aliphatic carbocycles. The summed E-state index contributed by atoms with van der Waals surface area (Å²) in [4.78, 5) is 11.6. The van der Waals surface area contributed by atoms with Crippen LogP contribution >= 0.6 is 22.6 Å². The number of halogens is 1. The second-order valence-electron chi connectivity index (χ2n) is 4.17. The summed E-state index contributed by atoms with van der Waals surface area (Å²) in [5.41, 5.74) is -0.154. The zero-order chi connectivity index (χ0) is 11.6. The van der Waals surface area contributed by atoms with Gasteiger partial charge >= 0.3 is 5.97 Å². The molecule has 1 rings (SSSR count). The van der Waals surface area contributed by atoms with Gasteiger partial charge in [-0.2, -0.15) is 0 Å². The predicted octanol–water partition coefficient (Wildman–Crippen LogP) is 2.95. The quantitative estimate of drug-likeness (QED) is 0.639. The van der Waals surface area contributed by atoms with Gasteiger partial charge in [0.25, 0.3) is 0 Å². The number of hydrogen-bond acceptors (Lipinski definition) is 3. The molecule has 0 spiro atoms. The first-order valence-corrected chi connectivity index (χ1v) is 5.59. The van der Waals surface area contributed by atoms with Gasteiger partial charge in [-0.05, 0) is 61.6 Å². The Kier molecular flexibility index (Phi) is 3.59. The standard InChI is InChI=1S/C11H13IO3/c1-11(2,3)15-10(14)7-4-5-8(12)9(13)6-7/h4-6,13H,1-3H3. The van der Waals surface area contributed by atoms with Crippen LogP contribution in [0.1, 0.15) is 31.1 Å². The lowest BCUT2D eigenvalue weighted by molar-refractivity contribution is 0.00691. The molecule has 0 amide bonds. The molecule has 0 bridgehead atoms. The first-order chi connectivity index (χ1) is 6.79. The van der Waals surface area contributed by atoms with Crippen molar-refractivity contribution in [2.24, 2.45) is 0 Å². The maximum absolute atomic E-state index is 11.6. The summed E-state index contributed by atoms with van der Waals surface area (Å²) in [6.07, 6.45) is 0. The van der Waals surface area contributed by atoms with Gasteiger partial charge in [0.1, 0.15) is 11.4 Å². The van der Waals surface area contributed by atoms with Crippen LogP contribution in [0.25, 0.3) is 0 Å². The van der Waals surface area contributed by atoms with Crippen LogP contribution in [0.15, 0.2) is 18.2 Å². The fourth-order valence-electron chi connectivity index (χ4n) is 0.977. The van der Waals surface area contributed by atoms with Crippen molar-refractivity contribution in [2.75, 3.05) is 0 Å². The molecule has 0 unspecified atom stereocenters. The second-order valence-corrected chi connectivity index (χ2v) is 5.33. The molecule has 0 heterocycles. The van der Waals surface area contributed by atoms with Crippen LogP contribution in [0.5, 0.6) is 5.75 Å². The van der Waals surface area contributed by atoms with Crippen molar-refractivity contribution in [3.8, 4) is 5.75 Å². The Balaban J connectivity index is 2.88. The van der Waals surface area contributed by atoms with Crippen molar-refractivity contribution in [3.05, 3.63) is 27.3 Å². The van der Waals surface area contributed by atoms with Crippen molar-refractivity contribution >= 4 is 28.6 Å². The van der Waals surface area contributed by atoms with E-state index in [1.54, 1.807) is 32.9 Å². The Morgan fingerprint density at radius 2 is 2.00 bits per heavy atom. The van der Waals surface area contributed by atoms with Gasteiger partial charge in [0.15, 0.2) is 0 Å². The molecule has 1 N–H and O–H groups in total. The maximum Gasteiger partial charge on any atom is 0.338 e. The van der Waals surface area contributed by atoms with E-state index in [4.69, 9.17) is 4.74 Å². The van der Waals surface area contributed by atoms with Gasteiger partial charge < -0.3 is 9.84 Å². The molecule has 1 aromatic rings. The highest BCUT2D eigenvalue weighted by Gasteiger charge is 2.18. The highest BCUT2D eigenvalue weighted by molar-refractivity contribution is 14.1. The molecule has 82 valence electrons. The minimum atomic E-state index is -0.518. The highest BCUT2D eigenvalue weighted by Crippen LogP contribution is 2.22. The molecule has 3 nitrogen and oxygen atoms in total. The van der Waals surface area contributed by atoms with Crippen LogP contribution in [-0.4, -0.2) is 16.7 Å². The van der Waals surface area contributed by atoms with E-state index in [9.17, 15) is 9.90 Å². The van der Waals surface area contributed by atoms with Gasteiger partial charge in [-0.25, -0.2) is 4.79 Å². The summed E-state index contributed by atoms with van der Waals surface area (Å²) in [6.45, 7) is 5.41. The molecule has 4 heteroatoms. The minimum absolute atomic E-state index is 0.0963. The topological polar surface area (TPSA) is 46.5 Å². The van der Waals surface area contributed by atoms with E-state index in [0.717, 1.165) is 0 Å². The van der Waals surface area contributed by atoms with Crippen molar-refractivity contribution in [1.29, 1.82) is 0 Å². The third-order valence-corrected chi connectivity index (χ3v) is 2.49. The Labute approximate surface area is 103 Å². The second kappa shape index (κ2) is 4.38. The first kappa shape index (κ1) is 12.3. The monoisotopic (exact) mass is 320 g/mol. The normalized spacial score (nSPS) is 11.2. The molecular weight excluding hydrogens is 307 g/mol.